The third kappa shape index (κ3) is 5.16. The highest BCUT2D eigenvalue weighted by Gasteiger charge is 2.57. The van der Waals surface area contributed by atoms with Crippen LogP contribution in [0.1, 0.15) is 22.6 Å². The van der Waals surface area contributed by atoms with Crippen LogP contribution in [0, 0.1) is 6.57 Å². The molecule has 0 amide bonds. The Morgan fingerprint density at radius 1 is 1.13 bits per heavy atom. The molecule has 5 rings (SSSR count). The van der Waals surface area contributed by atoms with Gasteiger partial charge >= 0.3 is 12.1 Å². The van der Waals surface area contributed by atoms with E-state index in [0.29, 0.717) is 23.6 Å². The summed E-state index contributed by atoms with van der Waals surface area (Å²) in [6, 6.07) is 13.7. The number of carboxylic acids is 1. The fourth-order valence-corrected chi connectivity index (χ4v) is 4.94. The maximum atomic E-state index is 14.7. The first-order valence-corrected chi connectivity index (χ1v) is 12.1. The Morgan fingerprint density at radius 3 is 2.59 bits per heavy atom. The van der Waals surface area contributed by atoms with Crippen LogP contribution in [0.2, 0.25) is 0 Å². The molecular weight excluding hydrogens is 511 g/mol. The normalized spacial score (nSPS) is 15.8. The number of hydrogen-bond acceptors (Lipinski definition) is 4. The minimum absolute atomic E-state index is 0.0455. The van der Waals surface area contributed by atoms with Gasteiger partial charge in [-0.1, -0.05) is 42.5 Å². The number of aliphatic carboxylic acids is 1. The van der Waals surface area contributed by atoms with E-state index in [1.165, 1.54) is 35.4 Å². The van der Waals surface area contributed by atoms with E-state index < -0.39 is 24.3 Å². The van der Waals surface area contributed by atoms with Gasteiger partial charge in [0.2, 0.25) is 5.60 Å². The number of hydrogen-bond donors (Lipinski definition) is 2. The summed E-state index contributed by atoms with van der Waals surface area (Å²) >= 11 is 0. The minimum atomic E-state index is -5.00. The number of alkyl halides is 3. The number of carboxylic acid groups (broad SMARTS) is 1. The summed E-state index contributed by atoms with van der Waals surface area (Å²) in [6.07, 6.45) is 0.245. The number of β-amino-alcohol motifs (C(OH)–C–C–N with tert-alkyl or cyclic N) is 1. The number of aromatic nitrogens is 3. The third-order valence-corrected chi connectivity index (χ3v) is 6.85. The van der Waals surface area contributed by atoms with Crippen LogP contribution >= 0.6 is 0 Å². The van der Waals surface area contributed by atoms with Gasteiger partial charge in [-0.2, -0.15) is 13.2 Å². The lowest BCUT2D eigenvalue weighted by Gasteiger charge is -2.37. The predicted octanol–water partition coefficient (Wildman–Crippen LogP) is 4.80. The van der Waals surface area contributed by atoms with E-state index in [0.717, 1.165) is 11.6 Å². The van der Waals surface area contributed by atoms with Gasteiger partial charge < -0.3 is 19.3 Å². The summed E-state index contributed by atoms with van der Waals surface area (Å²) in [5.74, 6) is -0.656. The quantitative estimate of drug-likeness (QED) is 0.262. The number of benzene rings is 2. The van der Waals surface area contributed by atoms with Crippen molar-refractivity contribution in [3.8, 4) is 0 Å². The number of imidazole rings is 1. The molecule has 1 aliphatic rings. The highest BCUT2D eigenvalue weighted by Crippen LogP contribution is 2.44. The molecule has 2 aromatic carbocycles. The molecule has 200 valence electrons. The fraction of sp³-hybridized carbons (Fsp3) is 0.250. The summed E-state index contributed by atoms with van der Waals surface area (Å²) in [5, 5.41) is 20.5. The van der Waals surface area contributed by atoms with Crippen molar-refractivity contribution < 1.29 is 28.2 Å². The van der Waals surface area contributed by atoms with Crippen molar-refractivity contribution in [3.63, 3.8) is 0 Å². The summed E-state index contributed by atoms with van der Waals surface area (Å²) in [5.41, 5.74) is -1.52. The molecule has 0 spiro atoms. The van der Waals surface area contributed by atoms with Gasteiger partial charge in [-0.3, -0.25) is 4.90 Å². The Balaban J connectivity index is 1.52. The summed E-state index contributed by atoms with van der Waals surface area (Å²) in [6.45, 7) is 7.51. The minimum Gasteiger partial charge on any atom is -0.478 e. The van der Waals surface area contributed by atoms with Crippen LogP contribution in [0.15, 0.2) is 67.0 Å². The van der Waals surface area contributed by atoms with E-state index >= 15 is 0 Å². The summed E-state index contributed by atoms with van der Waals surface area (Å²) in [7, 11) is 0. The summed E-state index contributed by atoms with van der Waals surface area (Å²) < 4.78 is 47.5. The van der Waals surface area contributed by atoms with Crippen molar-refractivity contribution in [3.05, 3.63) is 101 Å². The number of rotatable bonds is 7. The van der Waals surface area contributed by atoms with Crippen molar-refractivity contribution in [1.29, 1.82) is 0 Å². The molecule has 39 heavy (non-hydrogen) atoms. The lowest BCUT2D eigenvalue weighted by molar-refractivity contribution is -0.272. The number of aliphatic hydroxyl groups is 1. The van der Waals surface area contributed by atoms with E-state index in [1.807, 2.05) is 30.3 Å². The molecule has 0 bridgehead atoms. The van der Waals surface area contributed by atoms with Gasteiger partial charge in [-0.25, -0.2) is 14.6 Å². The van der Waals surface area contributed by atoms with Crippen LogP contribution in [0.25, 0.3) is 21.8 Å². The smallest absolute Gasteiger partial charge is 0.422 e. The summed E-state index contributed by atoms with van der Waals surface area (Å²) in [4.78, 5) is 20.1. The molecule has 0 fully saturated rings. The lowest BCUT2D eigenvalue weighted by atomic mass is 9.91. The van der Waals surface area contributed by atoms with Gasteiger partial charge in [0.15, 0.2) is 5.69 Å². The fourth-order valence-electron chi connectivity index (χ4n) is 4.94. The Kier molecular flexibility index (Phi) is 6.76. The zero-order valence-corrected chi connectivity index (χ0v) is 20.6. The van der Waals surface area contributed by atoms with Crippen molar-refractivity contribution in [1.82, 2.24) is 19.0 Å². The first-order chi connectivity index (χ1) is 18.6. The van der Waals surface area contributed by atoms with E-state index in [9.17, 15) is 23.1 Å². The number of nitrogens with zero attached hydrogens (tertiary/aromatic N) is 5. The molecule has 1 aliphatic heterocycles. The predicted molar refractivity (Wildman–Crippen MR) is 138 cm³/mol. The van der Waals surface area contributed by atoms with Gasteiger partial charge in [0.1, 0.15) is 5.82 Å². The molecule has 0 aliphatic carbocycles. The highest BCUT2D eigenvalue weighted by molar-refractivity contribution is 5.88. The Morgan fingerprint density at radius 2 is 1.90 bits per heavy atom. The average Bonchev–Trinajstić information content (AvgIpc) is 3.48. The van der Waals surface area contributed by atoms with Crippen LogP contribution in [-0.4, -0.2) is 54.5 Å². The molecule has 2 aromatic heterocycles. The second kappa shape index (κ2) is 10.1. The van der Waals surface area contributed by atoms with Gasteiger partial charge in [0, 0.05) is 61.1 Å². The molecule has 0 saturated carbocycles. The molecule has 2 N–H and O–H groups in total. The lowest BCUT2D eigenvalue weighted by Crippen LogP contribution is -2.52. The third-order valence-electron chi connectivity index (χ3n) is 6.85. The molecule has 4 aromatic rings. The van der Waals surface area contributed by atoms with E-state index in [-0.39, 0.29) is 36.3 Å². The highest BCUT2D eigenvalue weighted by atomic mass is 19.4. The van der Waals surface area contributed by atoms with Crippen LogP contribution < -0.4 is 0 Å². The molecule has 1 unspecified atom stereocenters. The second-order valence-electron chi connectivity index (χ2n) is 9.49. The molecule has 0 radical (unpaired) electrons. The molecule has 0 saturated heterocycles. The zero-order chi connectivity index (χ0) is 27.8. The molecule has 3 heterocycles. The van der Waals surface area contributed by atoms with Gasteiger partial charge in [0.05, 0.1) is 18.8 Å². The average molecular weight is 536 g/mol. The van der Waals surface area contributed by atoms with E-state index in [2.05, 4.69) is 9.83 Å². The molecule has 11 heteroatoms. The Hall–Kier alpha value is -4.40. The van der Waals surface area contributed by atoms with Crippen molar-refractivity contribution in [2.24, 2.45) is 0 Å². The SMILES string of the molecule is [C-]#[N+]c1ccc2c(C(O)(CN3CCn4cc(/C=C/C(=O)O)nc4C3)C(F)(F)F)cn(Cc3ccccc3)c2c1. The van der Waals surface area contributed by atoms with Crippen molar-refractivity contribution >= 4 is 28.6 Å². The monoisotopic (exact) mass is 535 g/mol. The van der Waals surface area contributed by atoms with Gasteiger partial charge in [0.25, 0.3) is 0 Å². The molecular formula is C28H24F3N5O3. The Labute approximate surface area is 221 Å². The largest absolute Gasteiger partial charge is 0.478 e. The number of carbonyl (C=O) groups is 1. The number of fused-ring (bicyclic) bond motifs is 2. The van der Waals surface area contributed by atoms with E-state index in [1.54, 1.807) is 15.3 Å². The van der Waals surface area contributed by atoms with Crippen LogP contribution in [0.4, 0.5) is 18.9 Å². The topological polar surface area (TPSA) is 87.9 Å². The van der Waals surface area contributed by atoms with Crippen LogP contribution in [0.3, 0.4) is 0 Å². The first kappa shape index (κ1) is 26.2. The second-order valence-corrected chi connectivity index (χ2v) is 9.49. The zero-order valence-electron chi connectivity index (χ0n) is 20.6. The standard InChI is InChI=1S/C28H24F3N5O3/c1-32-20-7-9-22-23(16-36(24(22)13-20)14-19-5-3-2-4-6-19)27(39,28(29,30)31)18-34-11-12-35-15-21(8-10-26(37)38)33-25(35)17-34/h2-10,13,15-16,39H,11-12,14,17-18H2,(H,37,38)/b10-8+. The maximum Gasteiger partial charge on any atom is 0.422 e. The first-order valence-electron chi connectivity index (χ1n) is 12.1. The maximum absolute atomic E-state index is 14.7. The molecule has 1 atom stereocenters. The van der Waals surface area contributed by atoms with Gasteiger partial charge in [-0.15, -0.1) is 0 Å². The van der Waals surface area contributed by atoms with Crippen LogP contribution in [0.5, 0.6) is 0 Å². The number of halogens is 3. The molecule has 8 nitrogen and oxygen atoms in total. The van der Waals surface area contributed by atoms with Gasteiger partial charge in [-0.05, 0) is 17.7 Å². The van der Waals surface area contributed by atoms with E-state index in [4.69, 9.17) is 11.7 Å². The van der Waals surface area contributed by atoms with Crippen molar-refractivity contribution in [2.45, 2.75) is 31.4 Å². The van der Waals surface area contributed by atoms with Crippen LogP contribution in [-0.2, 0) is 30.0 Å². The Bertz CT molecular complexity index is 1600. The van der Waals surface area contributed by atoms with Crippen molar-refractivity contribution in [2.75, 3.05) is 13.1 Å².